The summed E-state index contributed by atoms with van der Waals surface area (Å²) in [4.78, 5) is 0. The predicted octanol–water partition coefficient (Wildman–Crippen LogP) is 4.67. The van der Waals surface area contributed by atoms with Gasteiger partial charge >= 0.3 is 0 Å². The highest BCUT2D eigenvalue weighted by atomic mass is 16.7. The van der Waals surface area contributed by atoms with Gasteiger partial charge in [0.1, 0.15) is 0 Å². The Hall–Kier alpha value is -0.0800. The summed E-state index contributed by atoms with van der Waals surface area (Å²) in [5.41, 5.74) is 0.378. The first-order valence-corrected chi connectivity index (χ1v) is 8.06. The van der Waals surface area contributed by atoms with Crippen LogP contribution in [0, 0.1) is 5.41 Å². The van der Waals surface area contributed by atoms with Crippen molar-refractivity contribution in [1.29, 1.82) is 0 Å². The fourth-order valence-electron chi connectivity index (χ4n) is 3.58. The van der Waals surface area contributed by atoms with Crippen molar-refractivity contribution in [3.8, 4) is 0 Å². The smallest absolute Gasteiger partial charge is 0.174 e. The molecule has 1 saturated carbocycles. The lowest BCUT2D eigenvalue weighted by atomic mass is 9.86. The van der Waals surface area contributed by atoms with Gasteiger partial charge in [-0.15, -0.1) is 0 Å². The topological polar surface area (TPSA) is 18.5 Å². The van der Waals surface area contributed by atoms with Crippen molar-refractivity contribution in [2.24, 2.45) is 5.41 Å². The lowest BCUT2D eigenvalue weighted by Gasteiger charge is -2.36. The Morgan fingerprint density at radius 3 is 2.00 bits per heavy atom. The Morgan fingerprint density at radius 1 is 0.778 bits per heavy atom. The van der Waals surface area contributed by atoms with Gasteiger partial charge in [-0.25, -0.2) is 0 Å². The average molecular weight is 254 g/mol. The van der Waals surface area contributed by atoms with E-state index in [1.165, 1.54) is 57.8 Å². The van der Waals surface area contributed by atoms with E-state index in [9.17, 15) is 0 Å². The molecule has 0 bridgehead atoms. The van der Waals surface area contributed by atoms with Crippen molar-refractivity contribution in [3.05, 3.63) is 0 Å². The van der Waals surface area contributed by atoms with E-state index in [2.05, 4.69) is 13.8 Å². The zero-order valence-electron chi connectivity index (χ0n) is 12.3. The summed E-state index contributed by atoms with van der Waals surface area (Å²) in [5.74, 6) is -0.199. The molecule has 0 aromatic rings. The lowest BCUT2D eigenvalue weighted by Crippen LogP contribution is -2.41. The summed E-state index contributed by atoms with van der Waals surface area (Å²) < 4.78 is 12.2. The SMILES string of the molecule is CCCCCCCC1(C2(CCC)CC2)OCCO1. The summed E-state index contributed by atoms with van der Waals surface area (Å²) >= 11 is 0. The van der Waals surface area contributed by atoms with Gasteiger partial charge in [0.05, 0.1) is 13.2 Å². The summed E-state index contributed by atoms with van der Waals surface area (Å²) in [5, 5.41) is 0. The van der Waals surface area contributed by atoms with Gasteiger partial charge < -0.3 is 9.47 Å². The van der Waals surface area contributed by atoms with Gasteiger partial charge in [-0.1, -0.05) is 46.0 Å². The van der Waals surface area contributed by atoms with Gasteiger partial charge in [-0.05, 0) is 25.7 Å². The minimum absolute atomic E-state index is 0.199. The zero-order chi connectivity index (χ0) is 12.9. The van der Waals surface area contributed by atoms with Crippen molar-refractivity contribution in [1.82, 2.24) is 0 Å². The van der Waals surface area contributed by atoms with Gasteiger partial charge in [0.15, 0.2) is 5.79 Å². The Morgan fingerprint density at radius 2 is 1.44 bits per heavy atom. The third kappa shape index (κ3) is 2.91. The first-order valence-electron chi connectivity index (χ1n) is 8.06. The van der Waals surface area contributed by atoms with E-state index in [0.29, 0.717) is 5.41 Å². The maximum atomic E-state index is 6.10. The normalized spacial score (nSPS) is 24.3. The fraction of sp³-hybridized carbons (Fsp3) is 1.00. The molecule has 0 atom stereocenters. The van der Waals surface area contributed by atoms with E-state index >= 15 is 0 Å². The molecular formula is C16H30O2. The van der Waals surface area contributed by atoms with Crippen LogP contribution in [-0.2, 0) is 9.47 Å². The zero-order valence-corrected chi connectivity index (χ0v) is 12.3. The molecule has 0 spiro atoms. The molecule has 1 saturated heterocycles. The number of unbranched alkanes of at least 4 members (excludes halogenated alkanes) is 4. The van der Waals surface area contributed by atoms with Crippen LogP contribution in [0.15, 0.2) is 0 Å². The standard InChI is InChI=1S/C16H30O2/c1-3-5-6-7-8-10-16(17-13-14-18-16)15(9-4-2)11-12-15/h3-14H2,1-2H3. The molecule has 0 radical (unpaired) electrons. The largest absolute Gasteiger partial charge is 0.347 e. The Bertz CT molecular complexity index is 239. The fourth-order valence-corrected chi connectivity index (χ4v) is 3.58. The molecule has 0 aromatic carbocycles. The van der Waals surface area contributed by atoms with Crippen LogP contribution in [0.1, 0.15) is 78.1 Å². The van der Waals surface area contributed by atoms with Crippen LogP contribution >= 0.6 is 0 Å². The van der Waals surface area contributed by atoms with Gasteiger partial charge in [0, 0.05) is 11.8 Å². The number of rotatable bonds is 9. The minimum Gasteiger partial charge on any atom is -0.347 e. The number of hydrogen-bond donors (Lipinski definition) is 0. The molecule has 1 aliphatic carbocycles. The minimum atomic E-state index is -0.199. The number of ether oxygens (including phenoxy) is 2. The highest BCUT2D eigenvalue weighted by Crippen LogP contribution is 2.61. The summed E-state index contributed by atoms with van der Waals surface area (Å²) in [7, 11) is 0. The van der Waals surface area contributed by atoms with E-state index in [0.717, 1.165) is 19.6 Å². The van der Waals surface area contributed by atoms with E-state index < -0.39 is 0 Å². The molecule has 1 heterocycles. The van der Waals surface area contributed by atoms with Crippen molar-refractivity contribution in [2.45, 2.75) is 83.8 Å². The molecule has 106 valence electrons. The molecule has 0 aromatic heterocycles. The molecule has 1 aliphatic heterocycles. The Kier molecular flexibility index (Phi) is 5.08. The molecule has 2 nitrogen and oxygen atoms in total. The van der Waals surface area contributed by atoms with Crippen molar-refractivity contribution in [2.75, 3.05) is 13.2 Å². The van der Waals surface area contributed by atoms with Gasteiger partial charge in [-0.3, -0.25) is 0 Å². The van der Waals surface area contributed by atoms with Gasteiger partial charge in [0.2, 0.25) is 0 Å². The lowest BCUT2D eigenvalue weighted by molar-refractivity contribution is -0.213. The summed E-state index contributed by atoms with van der Waals surface area (Å²) in [6, 6.07) is 0. The third-order valence-electron chi connectivity index (χ3n) is 4.75. The maximum absolute atomic E-state index is 6.10. The molecule has 2 rings (SSSR count). The molecule has 2 fully saturated rings. The van der Waals surface area contributed by atoms with E-state index in [-0.39, 0.29) is 5.79 Å². The second-order valence-corrected chi connectivity index (χ2v) is 6.14. The van der Waals surface area contributed by atoms with E-state index in [1.54, 1.807) is 0 Å². The van der Waals surface area contributed by atoms with Gasteiger partial charge in [-0.2, -0.15) is 0 Å². The molecule has 0 N–H and O–H groups in total. The summed E-state index contributed by atoms with van der Waals surface area (Å²) in [6.07, 6.45) is 12.9. The molecule has 2 heteroatoms. The van der Waals surface area contributed by atoms with Gasteiger partial charge in [0.25, 0.3) is 0 Å². The third-order valence-corrected chi connectivity index (χ3v) is 4.75. The first-order chi connectivity index (χ1) is 8.79. The molecule has 0 amide bonds. The van der Waals surface area contributed by atoms with Crippen LogP contribution in [0.4, 0.5) is 0 Å². The number of hydrogen-bond acceptors (Lipinski definition) is 2. The summed E-state index contributed by atoms with van der Waals surface area (Å²) in [6.45, 7) is 6.16. The van der Waals surface area contributed by atoms with Crippen LogP contribution in [0.2, 0.25) is 0 Å². The second-order valence-electron chi connectivity index (χ2n) is 6.14. The van der Waals surface area contributed by atoms with E-state index in [4.69, 9.17) is 9.47 Å². The molecule has 2 aliphatic rings. The first kappa shape index (κ1) is 14.3. The molecule has 18 heavy (non-hydrogen) atoms. The van der Waals surface area contributed by atoms with Crippen LogP contribution in [0.25, 0.3) is 0 Å². The van der Waals surface area contributed by atoms with Crippen LogP contribution < -0.4 is 0 Å². The highest BCUT2D eigenvalue weighted by Gasteiger charge is 2.61. The quantitative estimate of drug-likeness (QED) is 0.557. The molecule has 0 unspecified atom stereocenters. The van der Waals surface area contributed by atoms with Crippen molar-refractivity contribution < 1.29 is 9.47 Å². The van der Waals surface area contributed by atoms with E-state index in [1.807, 2.05) is 0 Å². The predicted molar refractivity (Wildman–Crippen MR) is 74.6 cm³/mol. The maximum Gasteiger partial charge on any atom is 0.174 e. The van der Waals surface area contributed by atoms with Crippen molar-refractivity contribution >= 4 is 0 Å². The Balaban J connectivity index is 1.83. The second kappa shape index (κ2) is 6.38. The Labute approximate surface area is 112 Å². The molecular weight excluding hydrogens is 224 g/mol. The van der Waals surface area contributed by atoms with Crippen LogP contribution in [0.5, 0.6) is 0 Å². The average Bonchev–Trinajstić information content (AvgIpc) is 3.01. The monoisotopic (exact) mass is 254 g/mol. The van der Waals surface area contributed by atoms with Crippen LogP contribution in [-0.4, -0.2) is 19.0 Å². The highest BCUT2D eigenvalue weighted by molar-refractivity contribution is 5.05. The van der Waals surface area contributed by atoms with Crippen molar-refractivity contribution in [3.63, 3.8) is 0 Å². The van der Waals surface area contributed by atoms with Crippen LogP contribution in [0.3, 0.4) is 0 Å².